The normalized spacial score (nSPS) is 10.8. The van der Waals surface area contributed by atoms with Crippen molar-refractivity contribution in [3.63, 3.8) is 0 Å². The second-order valence-electron chi connectivity index (χ2n) is 4.59. The van der Waals surface area contributed by atoms with Crippen LogP contribution in [0.5, 0.6) is 0 Å². The number of hydrogen-bond acceptors (Lipinski definition) is 3. The van der Waals surface area contributed by atoms with Gasteiger partial charge in [-0.05, 0) is 29.8 Å². The number of nitrogens with two attached hydrogens (primary N) is 1. The minimum Gasteiger partial charge on any atom is -0.399 e. The lowest BCUT2D eigenvalue weighted by molar-refractivity contribution is 0.647. The molecule has 1 heterocycles. The van der Waals surface area contributed by atoms with Crippen molar-refractivity contribution in [2.75, 3.05) is 5.73 Å². The Morgan fingerprint density at radius 1 is 1.20 bits per heavy atom. The molecule has 0 unspecified atom stereocenters. The molecule has 3 aromatic rings. The van der Waals surface area contributed by atoms with Gasteiger partial charge in [0.15, 0.2) is 0 Å². The Labute approximate surface area is 124 Å². The van der Waals surface area contributed by atoms with E-state index >= 15 is 0 Å². The molecule has 0 fully saturated rings. The summed E-state index contributed by atoms with van der Waals surface area (Å²) in [4.78, 5) is 12.4. The summed E-state index contributed by atoms with van der Waals surface area (Å²) < 4.78 is 2.34. The fourth-order valence-corrected chi connectivity index (χ4v) is 2.74. The average molecular weight is 330 g/mol. The van der Waals surface area contributed by atoms with Crippen LogP contribution in [0.1, 0.15) is 5.56 Å². The second kappa shape index (κ2) is 5.09. The van der Waals surface area contributed by atoms with Crippen LogP contribution in [-0.2, 0) is 6.54 Å². The summed E-state index contributed by atoms with van der Waals surface area (Å²) in [5.74, 6) is 0. The number of halogens is 1. The van der Waals surface area contributed by atoms with Gasteiger partial charge in [-0.25, -0.2) is 4.68 Å². The fourth-order valence-electron chi connectivity index (χ4n) is 2.18. The van der Waals surface area contributed by atoms with E-state index in [1.165, 1.54) is 4.68 Å². The molecule has 0 saturated carbocycles. The van der Waals surface area contributed by atoms with Gasteiger partial charge in [-0.1, -0.05) is 34.1 Å². The monoisotopic (exact) mass is 329 g/mol. The van der Waals surface area contributed by atoms with Crippen molar-refractivity contribution in [2.24, 2.45) is 0 Å². The highest BCUT2D eigenvalue weighted by Gasteiger charge is 2.05. The third-order valence-electron chi connectivity index (χ3n) is 3.07. The lowest BCUT2D eigenvalue weighted by Gasteiger charge is -2.07. The van der Waals surface area contributed by atoms with Crippen molar-refractivity contribution >= 4 is 32.4 Å². The number of hydrogen-bond donors (Lipinski definition) is 1. The van der Waals surface area contributed by atoms with Crippen LogP contribution in [0.2, 0.25) is 0 Å². The fraction of sp³-hybridized carbons (Fsp3) is 0.0667. The number of nitrogens with zero attached hydrogens (tertiary/aromatic N) is 2. The molecule has 0 radical (unpaired) electrons. The zero-order chi connectivity index (χ0) is 14.1. The van der Waals surface area contributed by atoms with E-state index in [9.17, 15) is 4.79 Å². The third-order valence-corrected chi connectivity index (χ3v) is 3.53. The highest BCUT2D eigenvalue weighted by molar-refractivity contribution is 9.10. The first-order valence-corrected chi connectivity index (χ1v) is 6.92. The number of fused-ring (bicyclic) bond motifs is 1. The molecule has 0 atom stereocenters. The predicted octanol–water partition coefficient (Wildman–Crippen LogP) is 2.79. The van der Waals surface area contributed by atoms with Crippen molar-refractivity contribution < 1.29 is 0 Å². The van der Waals surface area contributed by atoms with Crippen LogP contribution in [0, 0.1) is 0 Å². The maximum absolute atomic E-state index is 12.4. The Kier molecular flexibility index (Phi) is 3.28. The Bertz CT molecular complexity index is 822. The van der Waals surface area contributed by atoms with Crippen LogP contribution in [0.3, 0.4) is 0 Å². The van der Waals surface area contributed by atoms with Gasteiger partial charge in [0.25, 0.3) is 5.56 Å². The van der Waals surface area contributed by atoms with Crippen molar-refractivity contribution in [2.45, 2.75) is 6.54 Å². The Balaban J connectivity index is 2.07. The number of nitrogen functional groups attached to an aromatic ring is 1. The van der Waals surface area contributed by atoms with Crippen LogP contribution in [0.25, 0.3) is 10.8 Å². The van der Waals surface area contributed by atoms with E-state index in [2.05, 4.69) is 21.0 Å². The lowest BCUT2D eigenvalue weighted by Crippen LogP contribution is -2.23. The number of anilines is 1. The first-order valence-electron chi connectivity index (χ1n) is 6.13. The highest BCUT2D eigenvalue weighted by Crippen LogP contribution is 2.17. The van der Waals surface area contributed by atoms with Gasteiger partial charge < -0.3 is 5.73 Å². The molecular formula is C15H12BrN3O. The summed E-state index contributed by atoms with van der Waals surface area (Å²) in [6.07, 6.45) is 1.71. The number of benzene rings is 2. The first-order chi connectivity index (χ1) is 9.63. The summed E-state index contributed by atoms with van der Waals surface area (Å²) in [6.45, 7) is 0.396. The molecule has 100 valence electrons. The van der Waals surface area contributed by atoms with E-state index in [0.717, 1.165) is 15.4 Å². The van der Waals surface area contributed by atoms with Gasteiger partial charge in [0.05, 0.1) is 18.1 Å². The van der Waals surface area contributed by atoms with Crippen molar-refractivity contribution in [1.82, 2.24) is 9.78 Å². The van der Waals surface area contributed by atoms with Crippen molar-refractivity contribution in [3.05, 3.63) is 69.1 Å². The second-order valence-corrected chi connectivity index (χ2v) is 5.50. The van der Waals surface area contributed by atoms with Gasteiger partial charge in [0, 0.05) is 15.5 Å². The van der Waals surface area contributed by atoms with Gasteiger partial charge in [0.1, 0.15) is 0 Å². The van der Waals surface area contributed by atoms with E-state index in [0.29, 0.717) is 17.6 Å². The molecular weight excluding hydrogens is 318 g/mol. The average Bonchev–Trinajstić information content (AvgIpc) is 2.41. The van der Waals surface area contributed by atoms with E-state index < -0.39 is 0 Å². The van der Waals surface area contributed by atoms with E-state index in [4.69, 9.17) is 5.73 Å². The smallest absolute Gasteiger partial charge is 0.274 e. The minimum atomic E-state index is -0.0957. The molecule has 0 amide bonds. The Hall–Kier alpha value is -2.14. The van der Waals surface area contributed by atoms with Crippen LogP contribution in [-0.4, -0.2) is 9.78 Å². The minimum absolute atomic E-state index is 0.0957. The first kappa shape index (κ1) is 12.9. The molecule has 0 aliphatic rings. The van der Waals surface area contributed by atoms with Gasteiger partial charge >= 0.3 is 0 Å². The van der Waals surface area contributed by atoms with Gasteiger partial charge in [-0.3, -0.25) is 4.79 Å². The molecule has 3 rings (SSSR count). The zero-order valence-corrected chi connectivity index (χ0v) is 12.2. The Morgan fingerprint density at radius 3 is 2.80 bits per heavy atom. The SMILES string of the molecule is Nc1cc(Br)cc(Cn2ncc3ccccc3c2=O)c1. The summed E-state index contributed by atoms with van der Waals surface area (Å²) in [5.41, 5.74) is 7.30. The van der Waals surface area contributed by atoms with Gasteiger partial charge in [0.2, 0.25) is 0 Å². The quantitative estimate of drug-likeness (QED) is 0.735. The summed E-state index contributed by atoms with van der Waals surface area (Å²) >= 11 is 3.40. The van der Waals surface area contributed by atoms with Crippen LogP contribution in [0.4, 0.5) is 5.69 Å². The van der Waals surface area contributed by atoms with Gasteiger partial charge in [-0.2, -0.15) is 5.10 Å². The molecule has 2 aromatic carbocycles. The number of aromatic nitrogens is 2. The molecule has 0 bridgehead atoms. The van der Waals surface area contributed by atoms with Crippen LogP contribution >= 0.6 is 15.9 Å². The lowest BCUT2D eigenvalue weighted by atomic mass is 10.2. The third kappa shape index (κ3) is 2.44. The highest BCUT2D eigenvalue weighted by atomic mass is 79.9. The molecule has 4 nitrogen and oxygen atoms in total. The zero-order valence-electron chi connectivity index (χ0n) is 10.6. The molecule has 0 aliphatic heterocycles. The molecule has 0 spiro atoms. The van der Waals surface area contributed by atoms with E-state index in [1.54, 1.807) is 6.20 Å². The van der Waals surface area contributed by atoms with Crippen LogP contribution < -0.4 is 11.3 Å². The molecule has 0 aliphatic carbocycles. The van der Waals surface area contributed by atoms with Crippen molar-refractivity contribution in [3.8, 4) is 0 Å². The largest absolute Gasteiger partial charge is 0.399 e. The molecule has 5 heteroatoms. The van der Waals surface area contributed by atoms with Crippen LogP contribution in [0.15, 0.2) is 57.9 Å². The summed E-state index contributed by atoms with van der Waals surface area (Å²) in [7, 11) is 0. The summed E-state index contributed by atoms with van der Waals surface area (Å²) in [5, 5.41) is 5.73. The topological polar surface area (TPSA) is 60.9 Å². The molecule has 0 saturated heterocycles. The molecule has 2 N–H and O–H groups in total. The molecule has 1 aromatic heterocycles. The van der Waals surface area contributed by atoms with Crippen molar-refractivity contribution in [1.29, 1.82) is 0 Å². The summed E-state index contributed by atoms with van der Waals surface area (Å²) in [6, 6.07) is 13.0. The predicted molar refractivity (Wildman–Crippen MR) is 83.7 cm³/mol. The van der Waals surface area contributed by atoms with Gasteiger partial charge in [-0.15, -0.1) is 0 Å². The van der Waals surface area contributed by atoms with E-state index in [1.807, 2.05) is 42.5 Å². The standard InChI is InChI=1S/C15H12BrN3O/c16-12-5-10(6-13(17)7-12)9-19-15(20)14-4-2-1-3-11(14)8-18-19/h1-8H,9,17H2. The Morgan fingerprint density at radius 2 is 2.00 bits per heavy atom. The maximum Gasteiger partial charge on any atom is 0.274 e. The molecule has 20 heavy (non-hydrogen) atoms. The van der Waals surface area contributed by atoms with E-state index in [-0.39, 0.29) is 5.56 Å². The maximum atomic E-state index is 12.4. The number of rotatable bonds is 2.